The van der Waals surface area contributed by atoms with Crippen molar-refractivity contribution in [3.05, 3.63) is 22.0 Å². The molecule has 0 spiro atoms. The van der Waals surface area contributed by atoms with Gasteiger partial charge in [0.25, 0.3) is 0 Å². The van der Waals surface area contributed by atoms with Crippen molar-refractivity contribution in [2.45, 2.75) is 42.6 Å². The molecule has 0 radical (unpaired) electrons. The van der Waals surface area contributed by atoms with Gasteiger partial charge in [0.1, 0.15) is 19.5 Å². The van der Waals surface area contributed by atoms with Gasteiger partial charge in [-0.2, -0.15) is 0 Å². The van der Waals surface area contributed by atoms with Gasteiger partial charge in [-0.3, -0.25) is 0 Å². The molecule has 1 unspecified atom stereocenters. The predicted octanol–water partition coefficient (Wildman–Crippen LogP) is 2.29. The van der Waals surface area contributed by atoms with Gasteiger partial charge in [-0.15, -0.1) is 0 Å². The van der Waals surface area contributed by atoms with Crippen molar-refractivity contribution < 1.29 is 14.6 Å². The molecule has 0 saturated heterocycles. The Balaban J connectivity index is 1.69. The van der Waals surface area contributed by atoms with Crippen LogP contribution in [-0.4, -0.2) is 56.5 Å². The highest BCUT2D eigenvalue weighted by Gasteiger charge is 2.21. The lowest BCUT2D eigenvalue weighted by Crippen LogP contribution is -2.34. The largest absolute Gasteiger partial charge is 0.486 e. The summed E-state index contributed by atoms with van der Waals surface area (Å²) in [5, 5.41) is 14.5. The first kappa shape index (κ1) is 21.4. The molecule has 1 aliphatic heterocycles. The second kappa shape index (κ2) is 9.12. The van der Waals surface area contributed by atoms with E-state index in [0.29, 0.717) is 54.2 Å². The van der Waals surface area contributed by atoms with Crippen molar-refractivity contribution in [2.24, 2.45) is 0 Å². The molecule has 4 N–H and O–H groups in total. The number of hydrogen-bond donors (Lipinski definition) is 3. The maximum Gasteiger partial charge on any atom is 0.175 e. The average Bonchev–Trinajstić information content (AvgIpc) is 3.05. The smallest absolute Gasteiger partial charge is 0.175 e. The fraction of sp³-hybridized carbons (Fsp3) is 0.421. The molecular formula is C19H23IN6O3S. The summed E-state index contributed by atoms with van der Waals surface area (Å²) in [6.07, 6.45) is 0.802. The van der Waals surface area contributed by atoms with E-state index in [0.717, 1.165) is 14.2 Å². The van der Waals surface area contributed by atoms with Gasteiger partial charge in [0.05, 0.1) is 12.6 Å². The van der Waals surface area contributed by atoms with Gasteiger partial charge < -0.3 is 30.2 Å². The Labute approximate surface area is 191 Å². The van der Waals surface area contributed by atoms with Crippen LogP contribution in [0.5, 0.6) is 11.5 Å². The summed E-state index contributed by atoms with van der Waals surface area (Å²) in [5.74, 6) is 1.77. The van der Waals surface area contributed by atoms with Crippen LogP contribution >= 0.6 is 34.4 Å². The molecule has 9 nitrogen and oxygen atoms in total. The van der Waals surface area contributed by atoms with Crippen LogP contribution in [0, 0.1) is 3.57 Å². The number of aliphatic hydroxyl groups excluding tert-OH is 1. The van der Waals surface area contributed by atoms with E-state index in [2.05, 4.69) is 42.9 Å². The van der Waals surface area contributed by atoms with Crippen molar-refractivity contribution in [1.29, 1.82) is 0 Å². The number of nitrogen functional groups attached to an aromatic ring is 1. The summed E-state index contributed by atoms with van der Waals surface area (Å²) in [7, 11) is 0. The Morgan fingerprint density at radius 1 is 1.27 bits per heavy atom. The molecule has 0 fully saturated rings. The van der Waals surface area contributed by atoms with E-state index in [-0.39, 0.29) is 6.04 Å². The number of fused-ring (bicyclic) bond motifs is 2. The fourth-order valence-electron chi connectivity index (χ4n) is 3.05. The summed E-state index contributed by atoms with van der Waals surface area (Å²) in [6.45, 7) is 5.94. The molecule has 0 aliphatic carbocycles. The Morgan fingerprint density at radius 3 is 2.73 bits per heavy atom. The number of benzene rings is 1. The molecule has 2 aromatic heterocycles. The Kier molecular flexibility index (Phi) is 6.51. The van der Waals surface area contributed by atoms with Crippen molar-refractivity contribution in [1.82, 2.24) is 24.8 Å². The zero-order valence-electron chi connectivity index (χ0n) is 16.6. The van der Waals surface area contributed by atoms with E-state index in [1.807, 2.05) is 30.5 Å². The van der Waals surface area contributed by atoms with Gasteiger partial charge in [0.2, 0.25) is 0 Å². The highest BCUT2D eigenvalue weighted by atomic mass is 127. The second-order valence-corrected chi connectivity index (χ2v) is 9.35. The number of aromatic nitrogens is 4. The summed E-state index contributed by atoms with van der Waals surface area (Å²) in [6, 6.07) is 4.20. The highest BCUT2D eigenvalue weighted by molar-refractivity contribution is 14.1. The van der Waals surface area contributed by atoms with Crippen LogP contribution in [0.3, 0.4) is 0 Å². The van der Waals surface area contributed by atoms with E-state index < -0.39 is 6.10 Å². The highest BCUT2D eigenvalue weighted by Crippen LogP contribution is 2.40. The minimum atomic E-state index is -0.611. The minimum absolute atomic E-state index is 0.283. The van der Waals surface area contributed by atoms with Gasteiger partial charge in [-0.05, 0) is 34.7 Å². The predicted molar refractivity (Wildman–Crippen MR) is 123 cm³/mol. The molecule has 3 aromatic rings. The number of rotatable bonds is 7. The van der Waals surface area contributed by atoms with Gasteiger partial charge in [-0.25, -0.2) is 15.0 Å². The Morgan fingerprint density at radius 2 is 2.00 bits per heavy atom. The van der Waals surface area contributed by atoms with Crippen LogP contribution in [0.2, 0.25) is 0 Å². The first-order valence-electron chi connectivity index (χ1n) is 9.57. The van der Waals surface area contributed by atoms with Crippen LogP contribution in [0.4, 0.5) is 5.82 Å². The third-order valence-corrected chi connectivity index (χ3v) is 6.79. The van der Waals surface area contributed by atoms with E-state index in [1.54, 1.807) is 0 Å². The molecule has 11 heteroatoms. The minimum Gasteiger partial charge on any atom is -0.486 e. The van der Waals surface area contributed by atoms with E-state index in [4.69, 9.17) is 15.2 Å². The zero-order chi connectivity index (χ0) is 21.3. The molecule has 3 heterocycles. The number of ether oxygens (including phenoxy) is 2. The number of imidazole rings is 1. The number of hydrogen-bond acceptors (Lipinski definition) is 9. The normalized spacial score (nSPS) is 14.4. The molecule has 0 saturated carbocycles. The first-order chi connectivity index (χ1) is 14.4. The lowest BCUT2D eigenvalue weighted by Gasteiger charge is -2.20. The van der Waals surface area contributed by atoms with Crippen molar-refractivity contribution in [3.63, 3.8) is 0 Å². The van der Waals surface area contributed by atoms with E-state index in [1.165, 1.54) is 18.1 Å². The monoisotopic (exact) mass is 542 g/mol. The maximum absolute atomic E-state index is 10.6. The van der Waals surface area contributed by atoms with Gasteiger partial charge in [-0.1, -0.05) is 25.6 Å². The zero-order valence-corrected chi connectivity index (χ0v) is 19.6. The van der Waals surface area contributed by atoms with E-state index in [9.17, 15) is 5.11 Å². The molecule has 30 heavy (non-hydrogen) atoms. The van der Waals surface area contributed by atoms with Crippen LogP contribution in [0.1, 0.15) is 13.8 Å². The topological polar surface area (TPSA) is 120 Å². The van der Waals surface area contributed by atoms with Gasteiger partial charge >= 0.3 is 0 Å². The van der Waals surface area contributed by atoms with Crippen LogP contribution in [0.25, 0.3) is 11.2 Å². The lowest BCUT2D eigenvalue weighted by molar-refractivity contribution is 0.147. The summed E-state index contributed by atoms with van der Waals surface area (Å²) >= 11 is 3.74. The second-order valence-electron chi connectivity index (χ2n) is 7.18. The third kappa shape index (κ3) is 4.58. The molecule has 160 valence electrons. The lowest BCUT2D eigenvalue weighted by atomic mass is 10.3. The Hall–Kier alpha value is -1.83. The number of nitrogens with two attached hydrogens (primary N) is 1. The molecule has 1 atom stereocenters. The standard InChI is InChI=1S/C19H23IN6O3S/c1-10(2)22-7-11(27)8-26-18-16(17(21)23-9-24-18)25-19(26)30-15-6-14-13(5-12(15)20)28-3-4-29-14/h5-6,9-11,22,27H,3-4,7-8H2,1-2H3,(H2,21,23,24). The van der Waals surface area contributed by atoms with Crippen LogP contribution in [-0.2, 0) is 6.54 Å². The third-order valence-electron chi connectivity index (χ3n) is 4.48. The molecule has 1 aliphatic rings. The van der Waals surface area contributed by atoms with Gasteiger partial charge in [0.15, 0.2) is 33.6 Å². The first-order valence-corrected chi connectivity index (χ1v) is 11.5. The molecule has 1 aromatic carbocycles. The molecular weight excluding hydrogens is 519 g/mol. The maximum atomic E-state index is 10.6. The number of anilines is 1. The SMILES string of the molecule is CC(C)NCC(O)Cn1c(Sc2cc3c(cc2I)OCCO3)nc2c(N)ncnc21. The summed E-state index contributed by atoms with van der Waals surface area (Å²) in [5.41, 5.74) is 7.16. The number of nitrogens with one attached hydrogen (secondary N) is 1. The van der Waals surface area contributed by atoms with Crippen molar-refractivity contribution >= 4 is 51.3 Å². The number of halogens is 1. The van der Waals surface area contributed by atoms with Crippen LogP contribution in [0.15, 0.2) is 28.5 Å². The average molecular weight is 542 g/mol. The molecule has 4 rings (SSSR count). The van der Waals surface area contributed by atoms with Crippen LogP contribution < -0.4 is 20.5 Å². The Bertz CT molecular complexity index is 1060. The number of aliphatic hydroxyl groups is 1. The number of nitrogens with zero attached hydrogens (tertiary/aromatic N) is 4. The fourth-order valence-corrected chi connectivity index (χ4v) is 4.74. The quantitative estimate of drug-likeness (QED) is 0.387. The van der Waals surface area contributed by atoms with Crippen molar-refractivity contribution in [3.8, 4) is 11.5 Å². The van der Waals surface area contributed by atoms with Crippen molar-refractivity contribution in [2.75, 3.05) is 25.5 Å². The van der Waals surface area contributed by atoms with Gasteiger partial charge in [0, 0.05) is 21.1 Å². The molecule has 0 amide bonds. The summed E-state index contributed by atoms with van der Waals surface area (Å²) in [4.78, 5) is 14.1. The molecule has 0 bridgehead atoms. The van der Waals surface area contributed by atoms with E-state index >= 15 is 0 Å². The summed E-state index contributed by atoms with van der Waals surface area (Å²) < 4.78 is 14.3.